The van der Waals surface area contributed by atoms with E-state index in [0.717, 1.165) is 18.2 Å². The van der Waals surface area contributed by atoms with Gasteiger partial charge in [0.05, 0.1) is 11.0 Å². The standard InChI is InChI=1S/C16H12F3N3O2/c17-10-2-4-14-13(8-10)21-16(24)22(14)6-5-20-15(23)9-1-3-11(18)12(19)7-9/h1-4,7-8H,5-6H2,(H,20,23)(H,21,24). The Morgan fingerprint density at radius 2 is 1.88 bits per heavy atom. The number of carbonyl (C=O) groups excluding carboxylic acids is 1. The smallest absolute Gasteiger partial charge is 0.326 e. The molecule has 0 radical (unpaired) electrons. The molecule has 0 aliphatic rings. The fraction of sp³-hybridized carbons (Fsp3) is 0.125. The topological polar surface area (TPSA) is 66.9 Å². The maximum atomic E-state index is 13.1. The summed E-state index contributed by atoms with van der Waals surface area (Å²) in [5, 5.41) is 2.51. The number of hydrogen-bond acceptors (Lipinski definition) is 2. The van der Waals surface area contributed by atoms with E-state index in [1.807, 2.05) is 0 Å². The highest BCUT2D eigenvalue weighted by molar-refractivity contribution is 5.94. The summed E-state index contributed by atoms with van der Waals surface area (Å²) in [5.41, 5.74) is 0.398. The summed E-state index contributed by atoms with van der Waals surface area (Å²) in [7, 11) is 0. The van der Waals surface area contributed by atoms with Crippen LogP contribution in [0.4, 0.5) is 13.2 Å². The maximum Gasteiger partial charge on any atom is 0.326 e. The number of nitrogens with zero attached hydrogens (tertiary/aromatic N) is 1. The fourth-order valence-corrected chi connectivity index (χ4v) is 2.38. The lowest BCUT2D eigenvalue weighted by Gasteiger charge is -2.07. The van der Waals surface area contributed by atoms with Crippen LogP contribution >= 0.6 is 0 Å². The molecule has 5 nitrogen and oxygen atoms in total. The van der Waals surface area contributed by atoms with E-state index >= 15 is 0 Å². The van der Waals surface area contributed by atoms with Crippen molar-refractivity contribution < 1.29 is 18.0 Å². The van der Waals surface area contributed by atoms with Gasteiger partial charge in [-0.25, -0.2) is 18.0 Å². The Kier molecular flexibility index (Phi) is 4.11. The number of halogens is 3. The molecular formula is C16H12F3N3O2. The Balaban J connectivity index is 1.70. The second-order valence-corrected chi connectivity index (χ2v) is 5.13. The van der Waals surface area contributed by atoms with E-state index in [-0.39, 0.29) is 18.7 Å². The Hall–Kier alpha value is -3.03. The summed E-state index contributed by atoms with van der Waals surface area (Å²) in [6.07, 6.45) is 0. The third kappa shape index (κ3) is 3.03. The molecule has 1 aromatic heterocycles. The average Bonchev–Trinajstić information content (AvgIpc) is 2.84. The minimum atomic E-state index is -1.11. The van der Waals surface area contributed by atoms with E-state index < -0.39 is 29.0 Å². The molecule has 1 heterocycles. The molecule has 124 valence electrons. The van der Waals surface area contributed by atoms with Crippen LogP contribution in [0.2, 0.25) is 0 Å². The van der Waals surface area contributed by atoms with E-state index in [4.69, 9.17) is 0 Å². The van der Waals surface area contributed by atoms with Crippen molar-refractivity contribution in [3.05, 3.63) is 69.9 Å². The summed E-state index contributed by atoms with van der Waals surface area (Å²) in [5.74, 6) is -3.21. The van der Waals surface area contributed by atoms with Gasteiger partial charge in [0.1, 0.15) is 5.82 Å². The lowest BCUT2D eigenvalue weighted by Crippen LogP contribution is -2.30. The van der Waals surface area contributed by atoms with E-state index in [1.54, 1.807) is 0 Å². The van der Waals surface area contributed by atoms with Gasteiger partial charge in [-0.05, 0) is 36.4 Å². The zero-order valence-corrected chi connectivity index (χ0v) is 12.3. The van der Waals surface area contributed by atoms with Crippen molar-refractivity contribution in [2.24, 2.45) is 0 Å². The minimum absolute atomic E-state index is 0.0257. The molecule has 0 bridgehead atoms. The van der Waals surface area contributed by atoms with Crippen LogP contribution in [0.5, 0.6) is 0 Å². The summed E-state index contributed by atoms with van der Waals surface area (Å²) >= 11 is 0. The molecule has 0 fully saturated rings. The zero-order chi connectivity index (χ0) is 17.3. The molecule has 0 atom stereocenters. The molecule has 0 unspecified atom stereocenters. The number of hydrogen-bond donors (Lipinski definition) is 2. The first kappa shape index (κ1) is 15.9. The lowest BCUT2D eigenvalue weighted by molar-refractivity contribution is 0.0951. The first-order valence-electron chi connectivity index (χ1n) is 7.07. The first-order chi connectivity index (χ1) is 11.5. The van der Waals surface area contributed by atoms with Crippen LogP contribution < -0.4 is 11.0 Å². The van der Waals surface area contributed by atoms with Gasteiger partial charge in [-0.3, -0.25) is 9.36 Å². The molecular weight excluding hydrogens is 323 g/mol. The SMILES string of the molecule is O=C(NCCn1c(=O)[nH]c2cc(F)ccc21)c1ccc(F)c(F)c1. The highest BCUT2D eigenvalue weighted by atomic mass is 19.2. The van der Waals surface area contributed by atoms with E-state index in [0.29, 0.717) is 11.0 Å². The van der Waals surface area contributed by atoms with Gasteiger partial charge in [-0.1, -0.05) is 0 Å². The normalized spacial score (nSPS) is 11.0. The fourth-order valence-electron chi connectivity index (χ4n) is 2.38. The highest BCUT2D eigenvalue weighted by Crippen LogP contribution is 2.12. The van der Waals surface area contributed by atoms with Crippen LogP contribution in [0.3, 0.4) is 0 Å². The minimum Gasteiger partial charge on any atom is -0.350 e. The van der Waals surface area contributed by atoms with Gasteiger partial charge in [-0.15, -0.1) is 0 Å². The van der Waals surface area contributed by atoms with Gasteiger partial charge in [0.25, 0.3) is 5.91 Å². The van der Waals surface area contributed by atoms with E-state index in [1.165, 1.54) is 22.8 Å². The molecule has 0 aliphatic carbocycles. The number of nitrogens with one attached hydrogen (secondary N) is 2. The van der Waals surface area contributed by atoms with Gasteiger partial charge in [0.2, 0.25) is 0 Å². The molecule has 3 rings (SSSR count). The number of aromatic amines is 1. The zero-order valence-electron chi connectivity index (χ0n) is 12.3. The molecule has 0 saturated carbocycles. The second kappa shape index (κ2) is 6.23. The Morgan fingerprint density at radius 3 is 2.62 bits per heavy atom. The van der Waals surface area contributed by atoms with Crippen molar-refractivity contribution in [1.82, 2.24) is 14.9 Å². The molecule has 8 heteroatoms. The van der Waals surface area contributed by atoms with Crippen LogP contribution in [-0.4, -0.2) is 22.0 Å². The van der Waals surface area contributed by atoms with Gasteiger partial charge in [0.15, 0.2) is 11.6 Å². The number of rotatable bonds is 4. The van der Waals surface area contributed by atoms with E-state index in [2.05, 4.69) is 10.3 Å². The van der Waals surface area contributed by atoms with Crippen molar-refractivity contribution >= 4 is 16.9 Å². The third-order valence-electron chi connectivity index (χ3n) is 3.54. The second-order valence-electron chi connectivity index (χ2n) is 5.13. The summed E-state index contributed by atoms with van der Waals surface area (Å²) < 4.78 is 40.4. The molecule has 1 amide bonds. The number of fused-ring (bicyclic) bond motifs is 1. The Labute approximate surface area is 133 Å². The Bertz CT molecular complexity index is 978. The number of imidazole rings is 1. The molecule has 2 aromatic carbocycles. The van der Waals surface area contributed by atoms with Crippen LogP contribution in [0.25, 0.3) is 11.0 Å². The van der Waals surface area contributed by atoms with Crippen molar-refractivity contribution in [2.45, 2.75) is 6.54 Å². The number of H-pyrrole nitrogens is 1. The number of benzene rings is 2. The van der Waals surface area contributed by atoms with Crippen LogP contribution in [0, 0.1) is 17.5 Å². The number of amides is 1. The van der Waals surface area contributed by atoms with E-state index in [9.17, 15) is 22.8 Å². The lowest BCUT2D eigenvalue weighted by atomic mass is 10.2. The summed E-state index contributed by atoms with van der Waals surface area (Å²) in [6, 6.07) is 6.71. The van der Waals surface area contributed by atoms with Crippen molar-refractivity contribution in [2.75, 3.05) is 6.54 Å². The van der Waals surface area contributed by atoms with Gasteiger partial charge in [0, 0.05) is 18.7 Å². The number of carbonyl (C=O) groups is 1. The molecule has 0 aliphatic heterocycles. The maximum absolute atomic E-state index is 13.1. The van der Waals surface area contributed by atoms with Crippen molar-refractivity contribution in [1.29, 1.82) is 0 Å². The highest BCUT2D eigenvalue weighted by Gasteiger charge is 2.11. The molecule has 0 saturated heterocycles. The average molecular weight is 335 g/mol. The molecule has 3 aromatic rings. The first-order valence-corrected chi connectivity index (χ1v) is 7.07. The molecule has 24 heavy (non-hydrogen) atoms. The van der Waals surface area contributed by atoms with Crippen LogP contribution in [0.15, 0.2) is 41.2 Å². The largest absolute Gasteiger partial charge is 0.350 e. The molecule has 2 N–H and O–H groups in total. The predicted octanol–water partition coefficient (Wildman–Crippen LogP) is 2.18. The quantitative estimate of drug-likeness (QED) is 0.767. The van der Waals surface area contributed by atoms with Crippen molar-refractivity contribution in [3.63, 3.8) is 0 Å². The molecule has 0 spiro atoms. The van der Waals surface area contributed by atoms with Crippen LogP contribution in [-0.2, 0) is 6.54 Å². The monoisotopic (exact) mass is 335 g/mol. The van der Waals surface area contributed by atoms with Gasteiger partial charge >= 0.3 is 5.69 Å². The third-order valence-corrected chi connectivity index (χ3v) is 3.54. The Morgan fingerprint density at radius 1 is 1.08 bits per heavy atom. The van der Waals surface area contributed by atoms with Crippen LogP contribution in [0.1, 0.15) is 10.4 Å². The van der Waals surface area contributed by atoms with Gasteiger partial charge in [-0.2, -0.15) is 0 Å². The number of aromatic nitrogens is 2. The summed E-state index contributed by atoms with van der Waals surface area (Å²) in [4.78, 5) is 26.3. The predicted molar refractivity (Wildman–Crippen MR) is 81.2 cm³/mol. The van der Waals surface area contributed by atoms with Crippen molar-refractivity contribution in [3.8, 4) is 0 Å². The summed E-state index contributed by atoms with van der Waals surface area (Å²) in [6.45, 7) is 0.224. The van der Waals surface area contributed by atoms with Gasteiger partial charge < -0.3 is 10.3 Å².